The van der Waals surface area contributed by atoms with Crippen LogP contribution in [0.2, 0.25) is 0 Å². The van der Waals surface area contributed by atoms with Crippen molar-refractivity contribution in [2.75, 3.05) is 53.5 Å². The number of nitrogens with zero attached hydrogens (tertiary/aromatic N) is 2. The first kappa shape index (κ1) is 18.7. The highest BCUT2D eigenvalue weighted by atomic mass is 16.5. The second-order valence-electron chi connectivity index (χ2n) is 5.32. The molecule has 0 aromatic carbocycles. The normalized spacial score (nSPS) is 10.9. The number of ether oxygens (including phenoxy) is 1. The summed E-state index contributed by atoms with van der Waals surface area (Å²) >= 11 is 0. The molecule has 0 atom stereocenters. The number of carboxylic acids is 1. The number of amides is 2. The van der Waals surface area contributed by atoms with E-state index in [9.17, 15) is 9.59 Å². The molecule has 0 bridgehead atoms. The molecule has 0 radical (unpaired) electrons. The van der Waals surface area contributed by atoms with Gasteiger partial charge in [-0.25, -0.2) is 9.59 Å². The summed E-state index contributed by atoms with van der Waals surface area (Å²) in [7, 11) is 3.93. The van der Waals surface area contributed by atoms with Crippen molar-refractivity contribution >= 4 is 12.0 Å². The lowest BCUT2D eigenvalue weighted by atomic mass is 10.2. The largest absolute Gasteiger partial charge is 0.480 e. The topological polar surface area (TPSA) is 82.1 Å². The lowest BCUT2D eigenvalue weighted by Gasteiger charge is -2.26. The standard InChI is InChI=1S/C13H27N3O4/c1-11(2)9-16(7-6-15(3)4)13(19)14-5-8-20-10-12(17)18/h11H,5-10H2,1-4H3,(H,14,19)(H,17,18). The zero-order valence-corrected chi connectivity index (χ0v) is 12.9. The van der Waals surface area contributed by atoms with Crippen LogP contribution in [0.5, 0.6) is 0 Å². The van der Waals surface area contributed by atoms with Crippen molar-refractivity contribution in [3.63, 3.8) is 0 Å². The van der Waals surface area contributed by atoms with E-state index in [1.165, 1.54) is 0 Å². The summed E-state index contributed by atoms with van der Waals surface area (Å²) in [5.41, 5.74) is 0. The molecule has 0 aliphatic rings. The zero-order chi connectivity index (χ0) is 15.5. The number of likely N-dealkylation sites (N-methyl/N-ethyl adjacent to an activating group) is 1. The van der Waals surface area contributed by atoms with E-state index >= 15 is 0 Å². The number of carbonyl (C=O) groups is 2. The van der Waals surface area contributed by atoms with Crippen LogP contribution in [-0.4, -0.2) is 80.4 Å². The fraction of sp³-hybridized carbons (Fsp3) is 0.846. The van der Waals surface area contributed by atoms with Crippen molar-refractivity contribution in [1.29, 1.82) is 0 Å². The number of carboxylic acid groups (broad SMARTS) is 1. The molecule has 0 aliphatic carbocycles. The van der Waals surface area contributed by atoms with Gasteiger partial charge < -0.3 is 25.0 Å². The van der Waals surface area contributed by atoms with E-state index in [1.807, 2.05) is 19.0 Å². The Kier molecular flexibility index (Phi) is 9.75. The van der Waals surface area contributed by atoms with E-state index in [0.717, 1.165) is 6.54 Å². The first-order valence-electron chi connectivity index (χ1n) is 6.80. The van der Waals surface area contributed by atoms with Crippen molar-refractivity contribution in [3.8, 4) is 0 Å². The third kappa shape index (κ3) is 10.6. The van der Waals surface area contributed by atoms with Crippen LogP contribution in [0.4, 0.5) is 4.79 Å². The predicted molar refractivity (Wildman–Crippen MR) is 76.8 cm³/mol. The van der Waals surface area contributed by atoms with Crippen molar-refractivity contribution in [2.45, 2.75) is 13.8 Å². The molecule has 118 valence electrons. The lowest BCUT2D eigenvalue weighted by molar-refractivity contribution is -0.142. The van der Waals surface area contributed by atoms with Crippen LogP contribution in [-0.2, 0) is 9.53 Å². The van der Waals surface area contributed by atoms with Gasteiger partial charge in [-0.15, -0.1) is 0 Å². The third-order valence-corrected chi connectivity index (χ3v) is 2.44. The molecular formula is C13H27N3O4. The summed E-state index contributed by atoms with van der Waals surface area (Å²) in [5.74, 6) is -0.616. The van der Waals surface area contributed by atoms with E-state index in [1.54, 1.807) is 4.90 Å². The van der Waals surface area contributed by atoms with E-state index in [0.29, 0.717) is 25.6 Å². The van der Waals surface area contributed by atoms with Gasteiger partial charge in [0.05, 0.1) is 6.61 Å². The van der Waals surface area contributed by atoms with Gasteiger partial charge in [0.15, 0.2) is 0 Å². The Labute approximate surface area is 120 Å². The minimum atomic E-state index is -1.01. The molecule has 0 unspecified atom stereocenters. The molecular weight excluding hydrogens is 262 g/mol. The molecule has 7 nitrogen and oxygen atoms in total. The van der Waals surface area contributed by atoms with Gasteiger partial charge in [0.2, 0.25) is 0 Å². The zero-order valence-electron chi connectivity index (χ0n) is 12.9. The Morgan fingerprint density at radius 1 is 1.25 bits per heavy atom. The first-order chi connectivity index (χ1) is 9.32. The minimum Gasteiger partial charge on any atom is -0.480 e. The smallest absolute Gasteiger partial charge is 0.329 e. The highest BCUT2D eigenvalue weighted by Gasteiger charge is 2.14. The van der Waals surface area contributed by atoms with Gasteiger partial charge in [-0.1, -0.05) is 13.8 Å². The van der Waals surface area contributed by atoms with Crippen molar-refractivity contribution in [1.82, 2.24) is 15.1 Å². The molecule has 0 rings (SSSR count). The van der Waals surface area contributed by atoms with Gasteiger partial charge in [-0.2, -0.15) is 0 Å². The Bertz CT molecular complexity index is 295. The van der Waals surface area contributed by atoms with E-state index in [2.05, 4.69) is 19.2 Å². The summed E-state index contributed by atoms with van der Waals surface area (Å²) in [6.45, 7) is 6.44. The van der Waals surface area contributed by atoms with Gasteiger partial charge >= 0.3 is 12.0 Å². The number of rotatable bonds is 10. The summed E-state index contributed by atoms with van der Waals surface area (Å²) in [6, 6.07) is -0.139. The third-order valence-electron chi connectivity index (χ3n) is 2.44. The first-order valence-corrected chi connectivity index (χ1v) is 6.80. The van der Waals surface area contributed by atoms with Crippen LogP contribution in [0.3, 0.4) is 0 Å². The van der Waals surface area contributed by atoms with Gasteiger partial charge in [0.1, 0.15) is 6.61 Å². The van der Waals surface area contributed by atoms with Crippen molar-refractivity contribution in [3.05, 3.63) is 0 Å². The average Bonchev–Trinajstić information content (AvgIpc) is 2.32. The van der Waals surface area contributed by atoms with E-state index in [-0.39, 0.29) is 19.2 Å². The lowest BCUT2D eigenvalue weighted by Crippen LogP contribution is -2.45. The number of urea groups is 1. The van der Waals surface area contributed by atoms with Gasteiger partial charge in [0, 0.05) is 26.2 Å². The Hall–Kier alpha value is -1.34. The maximum atomic E-state index is 12.0. The number of carbonyl (C=O) groups excluding carboxylic acids is 1. The van der Waals surface area contributed by atoms with Crippen LogP contribution < -0.4 is 5.32 Å². The maximum absolute atomic E-state index is 12.0. The van der Waals surface area contributed by atoms with E-state index < -0.39 is 5.97 Å². The number of hydrogen-bond donors (Lipinski definition) is 2. The van der Waals surface area contributed by atoms with Crippen LogP contribution in [0.15, 0.2) is 0 Å². The van der Waals surface area contributed by atoms with Crippen molar-refractivity contribution in [2.24, 2.45) is 5.92 Å². The molecule has 0 saturated heterocycles. The molecule has 2 N–H and O–H groups in total. The summed E-state index contributed by atoms with van der Waals surface area (Å²) in [6.07, 6.45) is 0. The second kappa shape index (κ2) is 10.4. The second-order valence-corrected chi connectivity index (χ2v) is 5.32. The molecule has 0 saturated carbocycles. The molecule has 0 heterocycles. The fourth-order valence-electron chi connectivity index (χ4n) is 1.54. The van der Waals surface area contributed by atoms with Gasteiger partial charge in [-0.3, -0.25) is 0 Å². The molecule has 0 aliphatic heterocycles. The molecule has 0 aromatic rings. The predicted octanol–water partition coefficient (Wildman–Crippen LogP) is 0.317. The van der Waals surface area contributed by atoms with E-state index in [4.69, 9.17) is 9.84 Å². The highest BCUT2D eigenvalue weighted by molar-refractivity contribution is 5.74. The summed E-state index contributed by atoms with van der Waals surface area (Å²) in [5, 5.41) is 11.1. The Balaban J connectivity index is 4.02. The van der Waals surface area contributed by atoms with Crippen molar-refractivity contribution < 1.29 is 19.4 Å². The Morgan fingerprint density at radius 3 is 2.40 bits per heavy atom. The van der Waals surface area contributed by atoms with Gasteiger partial charge in [0.25, 0.3) is 0 Å². The Morgan fingerprint density at radius 2 is 1.90 bits per heavy atom. The monoisotopic (exact) mass is 289 g/mol. The molecule has 0 fully saturated rings. The SMILES string of the molecule is CC(C)CN(CCN(C)C)C(=O)NCCOCC(=O)O. The molecule has 2 amide bonds. The van der Waals surface area contributed by atoms with Crippen LogP contribution >= 0.6 is 0 Å². The number of hydrogen-bond acceptors (Lipinski definition) is 4. The molecule has 7 heteroatoms. The molecule has 0 aromatic heterocycles. The average molecular weight is 289 g/mol. The van der Waals surface area contributed by atoms with Crippen LogP contribution in [0, 0.1) is 5.92 Å². The maximum Gasteiger partial charge on any atom is 0.329 e. The summed E-state index contributed by atoms with van der Waals surface area (Å²) in [4.78, 5) is 26.1. The summed E-state index contributed by atoms with van der Waals surface area (Å²) < 4.78 is 4.86. The van der Waals surface area contributed by atoms with Crippen LogP contribution in [0.25, 0.3) is 0 Å². The van der Waals surface area contributed by atoms with Crippen LogP contribution in [0.1, 0.15) is 13.8 Å². The van der Waals surface area contributed by atoms with Gasteiger partial charge in [-0.05, 0) is 20.0 Å². The molecule has 0 spiro atoms. The quantitative estimate of drug-likeness (QED) is 0.566. The molecule has 20 heavy (non-hydrogen) atoms. The fourth-order valence-corrected chi connectivity index (χ4v) is 1.54. The number of nitrogens with one attached hydrogen (secondary N) is 1. The highest BCUT2D eigenvalue weighted by Crippen LogP contribution is 1.99. The minimum absolute atomic E-state index is 0.139. The number of aliphatic carboxylic acids is 1.